The lowest BCUT2D eigenvalue weighted by atomic mass is 10.2. The molecular formula is C15H17FN4O. The highest BCUT2D eigenvalue weighted by Gasteiger charge is 2.32. The maximum absolute atomic E-state index is 13.3. The number of anilines is 1. The summed E-state index contributed by atoms with van der Waals surface area (Å²) in [5, 5.41) is 4.02. The smallest absolute Gasteiger partial charge is 0.244 e. The average Bonchev–Trinajstić information content (AvgIpc) is 3.20. The molecule has 0 aliphatic heterocycles. The summed E-state index contributed by atoms with van der Waals surface area (Å²) in [7, 11) is 0. The van der Waals surface area contributed by atoms with Crippen molar-refractivity contribution in [2.45, 2.75) is 32.0 Å². The van der Waals surface area contributed by atoms with Gasteiger partial charge in [0, 0.05) is 18.8 Å². The van der Waals surface area contributed by atoms with Crippen molar-refractivity contribution in [1.82, 2.24) is 14.7 Å². The van der Waals surface area contributed by atoms with Gasteiger partial charge in [-0.15, -0.1) is 0 Å². The molecule has 0 spiro atoms. The van der Waals surface area contributed by atoms with Crippen molar-refractivity contribution >= 4 is 11.6 Å². The first-order valence-corrected chi connectivity index (χ1v) is 6.93. The van der Waals surface area contributed by atoms with Crippen molar-refractivity contribution in [2.24, 2.45) is 0 Å². The van der Waals surface area contributed by atoms with Crippen molar-refractivity contribution in [2.75, 3.05) is 5.73 Å². The van der Waals surface area contributed by atoms with Crippen LogP contribution in [-0.2, 0) is 17.9 Å². The molecule has 0 radical (unpaired) electrons. The Kier molecular flexibility index (Phi) is 3.60. The summed E-state index contributed by atoms with van der Waals surface area (Å²) in [6.45, 7) is 0.584. The van der Waals surface area contributed by atoms with Gasteiger partial charge in [-0.3, -0.25) is 9.48 Å². The first-order valence-electron chi connectivity index (χ1n) is 6.93. The number of nitrogens with two attached hydrogens (primary N) is 1. The Morgan fingerprint density at radius 1 is 1.48 bits per heavy atom. The fourth-order valence-electron chi connectivity index (χ4n) is 2.33. The van der Waals surface area contributed by atoms with E-state index in [0.717, 1.165) is 18.4 Å². The number of hydrogen-bond acceptors (Lipinski definition) is 3. The second-order valence-corrected chi connectivity index (χ2v) is 5.35. The lowest BCUT2D eigenvalue weighted by molar-refractivity contribution is -0.133. The molecule has 1 aromatic carbocycles. The van der Waals surface area contributed by atoms with Crippen molar-refractivity contribution in [3.05, 3.63) is 48.0 Å². The van der Waals surface area contributed by atoms with E-state index in [-0.39, 0.29) is 24.3 Å². The van der Waals surface area contributed by atoms with Gasteiger partial charge in [-0.05, 0) is 30.5 Å². The largest absolute Gasteiger partial charge is 0.396 e. The van der Waals surface area contributed by atoms with E-state index in [1.165, 1.54) is 23.0 Å². The summed E-state index contributed by atoms with van der Waals surface area (Å²) in [5.74, 6) is -0.305. The Morgan fingerprint density at radius 2 is 2.29 bits per heavy atom. The van der Waals surface area contributed by atoms with E-state index in [4.69, 9.17) is 5.73 Å². The van der Waals surface area contributed by atoms with Crippen LogP contribution in [0.25, 0.3) is 0 Å². The topological polar surface area (TPSA) is 64.1 Å². The van der Waals surface area contributed by atoms with Gasteiger partial charge in [-0.2, -0.15) is 5.10 Å². The third-order valence-corrected chi connectivity index (χ3v) is 3.50. The molecule has 3 rings (SSSR count). The van der Waals surface area contributed by atoms with E-state index in [1.807, 2.05) is 6.07 Å². The molecule has 0 atom stereocenters. The number of nitrogens with zero attached hydrogens (tertiary/aromatic N) is 3. The van der Waals surface area contributed by atoms with E-state index in [1.54, 1.807) is 17.2 Å². The molecule has 0 bridgehead atoms. The van der Waals surface area contributed by atoms with Crippen LogP contribution in [0.4, 0.5) is 10.1 Å². The molecule has 2 N–H and O–H groups in total. The van der Waals surface area contributed by atoms with Crippen LogP contribution in [0.3, 0.4) is 0 Å². The van der Waals surface area contributed by atoms with Gasteiger partial charge < -0.3 is 10.6 Å². The van der Waals surface area contributed by atoms with Gasteiger partial charge >= 0.3 is 0 Å². The first-order chi connectivity index (χ1) is 10.1. The molecule has 1 fully saturated rings. The van der Waals surface area contributed by atoms with Crippen molar-refractivity contribution in [3.63, 3.8) is 0 Å². The normalized spacial score (nSPS) is 14.1. The Bertz CT molecular complexity index is 651. The van der Waals surface area contributed by atoms with Crippen LogP contribution in [0.1, 0.15) is 18.4 Å². The molecule has 1 amide bonds. The summed E-state index contributed by atoms with van der Waals surface area (Å²) in [6, 6.07) is 6.62. The third kappa shape index (κ3) is 3.39. The number of carbonyl (C=O) groups excluding carboxylic acids is 1. The van der Waals surface area contributed by atoms with E-state index >= 15 is 0 Å². The second kappa shape index (κ2) is 5.55. The summed E-state index contributed by atoms with van der Waals surface area (Å²) in [6.07, 6.45) is 5.15. The van der Waals surface area contributed by atoms with Gasteiger partial charge in [0.25, 0.3) is 0 Å². The van der Waals surface area contributed by atoms with Gasteiger partial charge in [0.2, 0.25) is 5.91 Å². The van der Waals surface area contributed by atoms with E-state index < -0.39 is 0 Å². The molecule has 0 unspecified atom stereocenters. The van der Waals surface area contributed by atoms with Gasteiger partial charge in [0.1, 0.15) is 12.4 Å². The minimum absolute atomic E-state index is 0.0233. The lowest BCUT2D eigenvalue weighted by Gasteiger charge is -2.22. The number of hydrogen-bond donors (Lipinski definition) is 1. The minimum atomic E-state index is -0.282. The second-order valence-electron chi connectivity index (χ2n) is 5.35. The van der Waals surface area contributed by atoms with Gasteiger partial charge in [-0.1, -0.05) is 12.1 Å². The lowest BCUT2D eigenvalue weighted by Crippen LogP contribution is -2.35. The van der Waals surface area contributed by atoms with Crippen molar-refractivity contribution < 1.29 is 9.18 Å². The molecule has 1 aliphatic carbocycles. The predicted molar refractivity (Wildman–Crippen MR) is 76.6 cm³/mol. The Labute approximate surface area is 122 Å². The van der Waals surface area contributed by atoms with Crippen LogP contribution in [0.2, 0.25) is 0 Å². The van der Waals surface area contributed by atoms with Gasteiger partial charge in [0.05, 0.1) is 11.9 Å². The highest BCUT2D eigenvalue weighted by molar-refractivity contribution is 5.76. The third-order valence-electron chi connectivity index (χ3n) is 3.50. The van der Waals surface area contributed by atoms with E-state index in [2.05, 4.69) is 5.10 Å². The predicted octanol–water partition coefficient (Wildman–Crippen LogP) is 1.80. The van der Waals surface area contributed by atoms with Gasteiger partial charge in [-0.25, -0.2) is 4.39 Å². The molecule has 1 heterocycles. The number of carbonyl (C=O) groups is 1. The average molecular weight is 288 g/mol. The maximum atomic E-state index is 13.3. The Balaban J connectivity index is 1.70. The van der Waals surface area contributed by atoms with Crippen LogP contribution in [-0.4, -0.2) is 26.6 Å². The Hall–Kier alpha value is -2.37. The molecule has 6 heteroatoms. The van der Waals surface area contributed by atoms with Gasteiger partial charge in [0.15, 0.2) is 0 Å². The fraction of sp³-hybridized carbons (Fsp3) is 0.333. The van der Waals surface area contributed by atoms with E-state index in [9.17, 15) is 9.18 Å². The highest BCUT2D eigenvalue weighted by Crippen LogP contribution is 2.28. The zero-order chi connectivity index (χ0) is 14.8. The monoisotopic (exact) mass is 288 g/mol. The van der Waals surface area contributed by atoms with Crippen LogP contribution >= 0.6 is 0 Å². The fourth-order valence-corrected chi connectivity index (χ4v) is 2.33. The SMILES string of the molecule is Nc1cnn(CC(=O)N(Cc2cccc(F)c2)C2CC2)c1. The first kappa shape index (κ1) is 13.6. The van der Waals surface area contributed by atoms with Crippen LogP contribution in [0.5, 0.6) is 0 Å². The summed E-state index contributed by atoms with van der Waals surface area (Å²) in [5.41, 5.74) is 6.93. The molecule has 21 heavy (non-hydrogen) atoms. The molecule has 1 saturated carbocycles. The van der Waals surface area contributed by atoms with Crippen molar-refractivity contribution in [3.8, 4) is 0 Å². The highest BCUT2D eigenvalue weighted by atomic mass is 19.1. The molecule has 0 saturated heterocycles. The molecule has 2 aromatic rings. The quantitative estimate of drug-likeness (QED) is 0.912. The molecular weight excluding hydrogens is 271 g/mol. The van der Waals surface area contributed by atoms with Crippen LogP contribution in [0.15, 0.2) is 36.7 Å². The number of rotatable bonds is 5. The zero-order valence-electron chi connectivity index (χ0n) is 11.6. The molecule has 1 aliphatic rings. The number of nitrogen functional groups attached to an aromatic ring is 1. The number of benzene rings is 1. The molecule has 5 nitrogen and oxygen atoms in total. The number of halogens is 1. The minimum Gasteiger partial charge on any atom is -0.396 e. The summed E-state index contributed by atoms with van der Waals surface area (Å²) in [4.78, 5) is 14.2. The molecule has 110 valence electrons. The van der Waals surface area contributed by atoms with E-state index in [0.29, 0.717) is 12.2 Å². The molecule has 1 aromatic heterocycles. The maximum Gasteiger partial charge on any atom is 0.244 e. The number of amides is 1. The zero-order valence-corrected chi connectivity index (χ0v) is 11.6. The standard InChI is InChI=1S/C15H17FN4O/c16-12-3-1-2-11(6-12)8-20(14-4-5-14)15(21)10-19-9-13(17)7-18-19/h1-3,6-7,9,14H,4-5,8,10,17H2. The van der Waals surface area contributed by atoms with Crippen LogP contribution < -0.4 is 5.73 Å². The summed E-state index contributed by atoms with van der Waals surface area (Å²) < 4.78 is 14.8. The van der Waals surface area contributed by atoms with Crippen LogP contribution in [0, 0.1) is 5.82 Å². The summed E-state index contributed by atoms with van der Waals surface area (Å²) >= 11 is 0. The Morgan fingerprint density at radius 3 is 2.90 bits per heavy atom. The number of aromatic nitrogens is 2. The van der Waals surface area contributed by atoms with Crippen molar-refractivity contribution in [1.29, 1.82) is 0 Å².